The predicted octanol–water partition coefficient (Wildman–Crippen LogP) is 2.43. The van der Waals surface area contributed by atoms with Crippen LogP contribution in [0.5, 0.6) is 11.5 Å². The number of hydrogen-bond donors (Lipinski definition) is 1. The van der Waals surface area contributed by atoms with E-state index in [2.05, 4.69) is 16.9 Å². The Labute approximate surface area is 110 Å². The van der Waals surface area contributed by atoms with E-state index in [0.29, 0.717) is 19.1 Å². The molecule has 100 valence electrons. The van der Waals surface area contributed by atoms with Crippen LogP contribution in [0.1, 0.15) is 25.3 Å². The quantitative estimate of drug-likeness (QED) is 0.855. The van der Waals surface area contributed by atoms with E-state index in [-0.39, 0.29) is 6.10 Å². The van der Waals surface area contributed by atoms with E-state index in [1.165, 1.54) is 0 Å². The molecule has 2 atom stereocenters. The molecular formula is C14H16N2O3. The first-order valence-electron chi connectivity index (χ1n) is 6.72. The predicted molar refractivity (Wildman–Crippen MR) is 69.6 cm³/mol. The average molecular weight is 260 g/mol. The molecule has 4 rings (SSSR count). The van der Waals surface area contributed by atoms with Gasteiger partial charge < -0.3 is 19.2 Å². The van der Waals surface area contributed by atoms with Gasteiger partial charge in [-0.1, -0.05) is 6.92 Å². The first kappa shape index (κ1) is 11.1. The monoisotopic (exact) mass is 260 g/mol. The number of nitrogens with one attached hydrogen (secondary N) is 1. The average Bonchev–Trinajstić information content (AvgIpc) is 3.01. The van der Waals surface area contributed by atoms with Crippen molar-refractivity contribution < 1.29 is 14.2 Å². The Morgan fingerprint density at radius 3 is 2.68 bits per heavy atom. The third-order valence-electron chi connectivity index (χ3n) is 3.82. The summed E-state index contributed by atoms with van der Waals surface area (Å²) in [6.45, 7) is 4.20. The van der Waals surface area contributed by atoms with E-state index in [1.54, 1.807) is 0 Å². The topological polar surface area (TPSA) is 56.4 Å². The number of rotatable bonds is 1. The van der Waals surface area contributed by atoms with Gasteiger partial charge in [0.2, 0.25) is 0 Å². The van der Waals surface area contributed by atoms with Gasteiger partial charge in [0.25, 0.3) is 0 Å². The van der Waals surface area contributed by atoms with Crippen LogP contribution >= 0.6 is 0 Å². The van der Waals surface area contributed by atoms with Gasteiger partial charge in [-0.25, -0.2) is 4.98 Å². The summed E-state index contributed by atoms with van der Waals surface area (Å²) in [5.41, 5.74) is 1.88. The fourth-order valence-corrected chi connectivity index (χ4v) is 2.75. The van der Waals surface area contributed by atoms with Gasteiger partial charge in [-0.3, -0.25) is 0 Å². The van der Waals surface area contributed by atoms with Crippen molar-refractivity contribution in [3.8, 4) is 11.5 Å². The Morgan fingerprint density at radius 2 is 1.95 bits per heavy atom. The van der Waals surface area contributed by atoms with Crippen molar-refractivity contribution in [1.29, 1.82) is 0 Å². The first-order valence-corrected chi connectivity index (χ1v) is 6.72. The van der Waals surface area contributed by atoms with Gasteiger partial charge in [-0.2, -0.15) is 0 Å². The molecule has 1 N–H and O–H groups in total. The Hall–Kier alpha value is -1.75. The van der Waals surface area contributed by atoms with E-state index in [0.717, 1.165) is 41.4 Å². The molecule has 1 fully saturated rings. The Balaban J connectivity index is 1.78. The standard InChI is InChI=1S/C14H16N2O3/c1-8-2-3-19-13(8)14-15-9-6-11-12(7-10(9)16-14)18-5-4-17-11/h6-8,13H,2-5H2,1H3,(H,15,16). The van der Waals surface area contributed by atoms with Crippen molar-refractivity contribution in [2.24, 2.45) is 5.92 Å². The van der Waals surface area contributed by atoms with Crippen LogP contribution in [0.15, 0.2) is 12.1 Å². The highest BCUT2D eigenvalue weighted by atomic mass is 16.6. The van der Waals surface area contributed by atoms with Gasteiger partial charge >= 0.3 is 0 Å². The molecule has 5 nitrogen and oxygen atoms in total. The van der Waals surface area contributed by atoms with Crippen molar-refractivity contribution in [2.45, 2.75) is 19.4 Å². The van der Waals surface area contributed by atoms with Crippen molar-refractivity contribution in [3.63, 3.8) is 0 Å². The van der Waals surface area contributed by atoms with Gasteiger partial charge in [0.05, 0.1) is 11.0 Å². The highest BCUT2D eigenvalue weighted by molar-refractivity contribution is 5.80. The zero-order valence-electron chi connectivity index (χ0n) is 10.8. The molecule has 0 radical (unpaired) electrons. The van der Waals surface area contributed by atoms with E-state index in [9.17, 15) is 0 Å². The molecule has 3 heterocycles. The fraction of sp³-hybridized carbons (Fsp3) is 0.500. The Kier molecular flexibility index (Phi) is 2.41. The molecule has 0 amide bonds. The molecule has 0 spiro atoms. The fourth-order valence-electron chi connectivity index (χ4n) is 2.75. The number of aromatic nitrogens is 2. The smallest absolute Gasteiger partial charge is 0.163 e. The number of fused-ring (bicyclic) bond motifs is 2. The van der Waals surface area contributed by atoms with Gasteiger partial charge in [-0.15, -0.1) is 0 Å². The molecule has 0 aliphatic carbocycles. The lowest BCUT2D eigenvalue weighted by Crippen LogP contribution is -2.15. The summed E-state index contributed by atoms with van der Waals surface area (Å²) in [7, 11) is 0. The maximum Gasteiger partial charge on any atom is 0.163 e. The number of nitrogens with zero attached hydrogens (tertiary/aromatic N) is 1. The summed E-state index contributed by atoms with van der Waals surface area (Å²) in [6.07, 6.45) is 1.16. The van der Waals surface area contributed by atoms with Crippen molar-refractivity contribution in [1.82, 2.24) is 9.97 Å². The van der Waals surface area contributed by atoms with E-state index < -0.39 is 0 Å². The van der Waals surface area contributed by atoms with Crippen LogP contribution in [-0.2, 0) is 4.74 Å². The lowest BCUT2D eigenvalue weighted by atomic mass is 10.0. The summed E-state index contributed by atoms with van der Waals surface area (Å²) in [5, 5.41) is 0. The molecule has 0 bridgehead atoms. The largest absolute Gasteiger partial charge is 0.486 e. The molecule has 5 heteroatoms. The Morgan fingerprint density at radius 1 is 1.16 bits per heavy atom. The summed E-state index contributed by atoms with van der Waals surface area (Å²) in [4.78, 5) is 7.98. The lowest BCUT2D eigenvalue weighted by molar-refractivity contribution is 0.0883. The van der Waals surface area contributed by atoms with Crippen molar-refractivity contribution in [2.75, 3.05) is 19.8 Å². The number of imidazole rings is 1. The van der Waals surface area contributed by atoms with Crippen LogP contribution in [0, 0.1) is 5.92 Å². The van der Waals surface area contributed by atoms with Crippen molar-refractivity contribution in [3.05, 3.63) is 18.0 Å². The molecule has 19 heavy (non-hydrogen) atoms. The van der Waals surface area contributed by atoms with Gasteiger partial charge in [-0.05, 0) is 12.3 Å². The zero-order valence-corrected chi connectivity index (χ0v) is 10.8. The van der Waals surface area contributed by atoms with Gasteiger partial charge in [0.15, 0.2) is 11.5 Å². The summed E-state index contributed by atoms with van der Waals surface area (Å²) in [6, 6.07) is 3.89. The first-order chi connectivity index (χ1) is 9.31. The molecular weight excluding hydrogens is 244 g/mol. The second kappa shape index (κ2) is 4.13. The summed E-state index contributed by atoms with van der Waals surface area (Å²) < 4.78 is 16.9. The zero-order chi connectivity index (χ0) is 12.8. The summed E-state index contributed by atoms with van der Waals surface area (Å²) in [5.74, 6) is 2.97. The number of H-pyrrole nitrogens is 1. The molecule has 1 saturated heterocycles. The van der Waals surface area contributed by atoms with E-state index in [1.807, 2.05) is 12.1 Å². The highest BCUT2D eigenvalue weighted by Gasteiger charge is 2.28. The van der Waals surface area contributed by atoms with E-state index in [4.69, 9.17) is 14.2 Å². The number of hydrogen-bond acceptors (Lipinski definition) is 4. The van der Waals surface area contributed by atoms with Gasteiger partial charge in [0, 0.05) is 18.7 Å². The van der Waals surface area contributed by atoms with Crippen LogP contribution in [0.4, 0.5) is 0 Å². The number of benzene rings is 1. The van der Waals surface area contributed by atoms with Crippen LogP contribution in [0.2, 0.25) is 0 Å². The summed E-state index contributed by atoms with van der Waals surface area (Å²) >= 11 is 0. The maximum absolute atomic E-state index is 5.75. The third kappa shape index (κ3) is 1.76. The second-order valence-electron chi connectivity index (χ2n) is 5.19. The van der Waals surface area contributed by atoms with E-state index >= 15 is 0 Å². The van der Waals surface area contributed by atoms with Crippen LogP contribution in [0.25, 0.3) is 11.0 Å². The SMILES string of the molecule is CC1CCOC1c1nc2cc3c(cc2[nH]1)OCCO3. The molecule has 2 aliphatic heterocycles. The number of aromatic amines is 1. The minimum Gasteiger partial charge on any atom is -0.486 e. The number of ether oxygens (including phenoxy) is 3. The second-order valence-corrected chi connectivity index (χ2v) is 5.19. The molecule has 2 aromatic rings. The highest BCUT2D eigenvalue weighted by Crippen LogP contribution is 2.37. The Bertz CT molecular complexity index is 579. The molecule has 1 aromatic carbocycles. The minimum absolute atomic E-state index is 0.0752. The van der Waals surface area contributed by atoms with Crippen LogP contribution in [-0.4, -0.2) is 29.8 Å². The van der Waals surface area contributed by atoms with Crippen LogP contribution in [0.3, 0.4) is 0 Å². The van der Waals surface area contributed by atoms with Crippen molar-refractivity contribution >= 4 is 11.0 Å². The molecule has 2 aliphatic rings. The normalized spacial score (nSPS) is 25.9. The lowest BCUT2D eigenvalue weighted by Gasteiger charge is -2.17. The third-order valence-corrected chi connectivity index (χ3v) is 3.82. The van der Waals surface area contributed by atoms with Crippen LogP contribution < -0.4 is 9.47 Å². The van der Waals surface area contributed by atoms with Gasteiger partial charge in [0.1, 0.15) is 25.1 Å². The molecule has 0 saturated carbocycles. The minimum atomic E-state index is 0.0752. The molecule has 2 unspecified atom stereocenters. The molecule has 1 aromatic heterocycles. The maximum atomic E-state index is 5.75.